The van der Waals surface area contributed by atoms with Crippen LogP contribution in [0.2, 0.25) is 0 Å². The van der Waals surface area contributed by atoms with Crippen LogP contribution in [0, 0.1) is 0 Å². The van der Waals surface area contributed by atoms with Crippen LogP contribution in [0.4, 0.5) is 5.95 Å². The van der Waals surface area contributed by atoms with Crippen molar-refractivity contribution in [2.45, 2.75) is 18.5 Å². The molecule has 15 heavy (non-hydrogen) atoms. The second-order valence-corrected chi connectivity index (χ2v) is 6.48. The van der Waals surface area contributed by atoms with Gasteiger partial charge in [-0.2, -0.15) is 4.98 Å². The Bertz CT molecular complexity index is 401. The molecule has 0 aliphatic heterocycles. The van der Waals surface area contributed by atoms with Crippen molar-refractivity contribution in [3.05, 3.63) is 0 Å². The summed E-state index contributed by atoms with van der Waals surface area (Å²) in [5.41, 5.74) is 5.34. The number of nitrogens with one attached hydrogen (secondary N) is 1. The van der Waals surface area contributed by atoms with E-state index in [1.165, 1.54) is 11.8 Å². The number of anilines is 1. The monoisotopic (exact) mass is 250 g/mol. The van der Waals surface area contributed by atoms with Crippen LogP contribution in [0.25, 0.3) is 0 Å². The predicted molar refractivity (Wildman–Crippen MR) is 60.5 cm³/mol. The molecule has 86 valence electrons. The lowest BCUT2D eigenvalue weighted by atomic mass is 10.6. The summed E-state index contributed by atoms with van der Waals surface area (Å²) in [6.45, 7) is 1.65. The van der Waals surface area contributed by atoms with Gasteiger partial charge in [-0.1, -0.05) is 18.7 Å². The largest absolute Gasteiger partial charge is 0.368 e. The van der Waals surface area contributed by atoms with E-state index in [1.807, 2.05) is 0 Å². The third-order valence-corrected chi connectivity index (χ3v) is 4.48. The summed E-state index contributed by atoms with van der Waals surface area (Å²) in [7, 11) is -2.86. The van der Waals surface area contributed by atoms with E-state index in [0.29, 0.717) is 17.3 Å². The van der Waals surface area contributed by atoms with Crippen molar-refractivity contribution in [3.8, 4) is 0 Å². The Balaban J connectivity index is 2.23. The van der Waals surface area contributed by atoms with Crippen molar-refractivity contribution in [2.75, 3.05) is 23.0 Å². The molecule has 0 saturated carbocycles. The standard InChI is InChI=1S/C7H14N4O2S2/c1-2-15(12,13)5-3-4-14-7-9-6(8)10-11-7/h2-5H2,1H3,(H3,8,9,10,11). The van der Waals surface area contributed by atoms with Crippen LogP contribution in [0.3, 0.4) is 0 Å². The molecule has 0 unspecified atom stereocenters. The van der Waals surface area contributed by atoms with Crippen molar-refractivity contribution >= 4 is 27.5 Å². The molecule has 0 atom stereocenters. The van der Waals surface area contributed by atoms with E-state index in [9.17, 15) is 8.42 Å². The quantitative estimate of drug-likeness (QED) is 0.556. The first-order chi connectivity index (χ1) is 7.03. The number of aromatic nitrogens is 3. The summed E-state index contributed by atoms with van der Waals surface area (Å²) in [6.07, 6.45) is 0.606. The lowest BCUT2D eigenvalue weighted by Crippen LogP contribution is -2.09. The molecule has 0 fully saturated rings. The van der Waals surface area contributed by atoms with Crippen LogP contribution in [0.5, 0.6) is 0 Å². The molecule has 6 nitrogen and oxygen atoms in total. The molecular formula is C7H14N4O2S2. The molecule has 8 heteroatoms. The average molecular weight is 250 g/mol. The number of nitrogens with two attached hydrogens (primary N) is 1. The SMILES string of the molecule is CCS(=O)(=O)CCCSc1n[nH]c(N)n1. The van der Waals surface area contributed by atoms with E-state index in [4.69, 9.17) is 5.73 Å². The Hall–Kier alpha value is -0.760. The maximum absolute atomic E-state index is 11.1. The number of nitrogen functional groups attached to an aromatic ring is 1. The van der Waals surface area contributed by atoms with Crippen LogP contribution >= 0.6 is 11.8 Å². The number of hydrogen-bond acceptors (Lipinski definition) is 6. The van der Waals surface area contributed by atoms with Gasteiger partial charge in [-0.05, 0) is 6.42 Å². The second-order valence-electron chi connectivity index (χ2n) is 2.94. The minimum absolute atomic E-state index is 0.200. The van der Waals surface area contributed by atoms with Gasteiger partial charge in [0.05, 0.1) is 5.75 Å². The van der Waals surface area contributed by atoms with Gasteiger partial charge in [0.2, 0.25) is 11.1 Å². The second kappa shape index (κ2) is 5.36. The van der Waals surface area contributed by atoms with Gasteiger partial charge in [0, 0.05) is 11.5 Å². The van der Waals surface area contributed by atoms with Gasteiger partial charge in [-0.3, -0.25) is 0 Å². The van der Waals surface area contributed by atoms with Gasteiger partial charge in [-0.15, -0.1) is 5.10 Å². The molecule has 1 aromatic heterocycles. The van der Waals surface area contributed by atoms with Crippen molar-refractivity contribution in [2.24, 2.45) is 0 Å². The molecule has 1 heterocycles. The average Bonchev–Trinajstić information content (AvgIpc) is 2.59. The zero-order chi connectivity index (χ0) is 11.3. The van der Waals surface area contributed by atoms with E-state index in [0.717, 1.165) is 0 Å². The van der Waals surface area contributed by atoms with Gasteiger partial charge < -0.3 is 5.73 Å². The zero-order valence-corrected chi connectivity index (χ0v) is 10.1. The Morgan fingerprint density at radius 2 is 2.27 bits per heavy atom. The van der Waals surface area contributed by atoms with Gasteiger partial charge in [0.1, 0.15) is 9.84 Å². The highest BCUT2D eigenvalue weighted by molar-refractivity contribution is 7.99. The van der Waals surface area contributed by atoms with Crippen LogP contribution in [-0.4, -0.2) is 40.9 Å². The summed E-state index contributed by atoms with van der Waals surface area (Å²) < 4.78 is 22.3. The minimum Gasteiger partial charge on any atom is -0.368 e. The number of nitrogens with zero attached hydrogens (tertiary/aromatic N) is 2. The molecule has 1 rings (SSSR count). The van der Waals surface area contributed by atoms with Crippen LogP contribution in [-0.2, 0) is 9.84 Å². The summed E-state index contributed by atoms with van der Waals surface area (Å²) >= 11 is 1.39. The first kappa shape index (κ1) is 12.3. The van der Waals surface area contributed by atoms with E-state index in [2.05, 4.69) is 15.2 Å². The molecule has 0 aliphatic carbocycles. The lowest BCUT2D eigenvalue weighted by Gasteiger charge is -1.99. The first-order valence-electron chi connectivity index (χ1n) is 4.54. The molecule has 3 N–H and O–H groups in total. The molecule has 0 saturated heterocycles. The fourth-order valence-corrected chi connectivity index (χ4v) is 2.71. The van der Waals surface area contributed by atoms with Gasteiger partial charge >= 0.3 is 0 Å². The summed E-state index contributed by atoms with van der Waals surface area (Å²) in [6, 6.07) is 0. The maximum Gasteiger partial charge on any atom is 0.216 e. The van der Waals surface area contributed by atoms with Crippen LogP contribution in [0.1, 0.15) is 13.3 Å². The first-order valence-corrected chi connectivity index (χ1v) is 7.35. The smallest absolute Gasteiger partial charge is 0.216 e. The summed E-state index contributed by atoms with van der Waals surface area (Å²) in [5.74, 6) is 1.37. The molecule has 0 amide bonds. The number of thioether (sulfide) groups is 1. The van der Waals surface area contributed by atoms with Crippen molar-refractivity contribution < 1.29 is 8.42 Å². The number of rotatable bonds is 6. The molecule has 0 bridgehead atoms. The Labute approximate surface area is 93.0 Å². The summed E-state index contributed by atoms with van der Waals surface area (Å²) in [5, 5.41) is 6.89. The van der Waals surface area contributed by atoms with E-state index in [1.54, 1.807) is 6.92 Å². The van der Waals surface area contributed by atoms with E-state index in [-0.39, 0.29) is 17.5 Å². The fourth-order valence-electron chi connectivity index (χ4n) is 0.909. The molecule has 1 aromatic rings. The Morgan fingerprint density at radius 3 is 2.80 bits per heavy atom. The molecule has 0 aliphatic rings. The number of aromatic amines is 1. The van der Waals surface area contributed by atoms with Crippen LogP contribution in [0.15, 0.2) is 5.16 Å². The molecular weight excluding hydrogens is 236 g/mol. The highest BCUT2D eigenvalue weighted by Gasteiger charge is 2.07. The number of H-pyrrole nitrogens is 1. The van der Waals surface area contributed by atoms with Crippen molar-refractivity contribution in [1.29, 1.82) is 0 Å². The van der Waals surface area contributed by atoms with Crippen molar-refractivity contribution in [1.82, 2.24) is 15.2 Å². The van der Waals surface area contributed by atoms with E-state index >= 15 is 0 Å². The summed E-state index contributed by atoms with van der Waals surface area (Å²) in [4.78, 5) is 3.89. The van der Waals surface area contributed by atoms with Crippen molar-refractivity contribution in [3.63, 3.8) is 0 Å². The van der Waals surface area contributed by atoms with Gasteiger partial charge in [0.25, 0.3) is 0 Å². The van der Waals surface area contributed by atoms with Gasteiger partial charge in [-0.25, -0.2) is 13.5 Å². The predicted octanol–water partition coefficient (Wildman–Crippen LogP) is 0.304. The highest BCUT2D eigenvalue weighted by atomic mass is 32.2. The molecule has 0 spiro atoms. The zero-order valence-electron chi connectivity index (χ0n) is 8.43. The normalized spacial score (nSPS) is 11.8. The molecule has 0 aromatic carbocycles. The number of sulfone groups is 1. The fraction of sp³-hybridized carbons (Fsp3) is 0.714. The van der Waals surface area contributed by atoms with E-state index < -0.39 is 9.84 Å². The molecule has 0 radical (unpaired) electrons. The lowest BCUT2D eigenvalue weighted by molar-refractivity contribution is 0.596. The third kappa shape index (κ3) is 4.52. The van der Waals surface area contributed by atoms with Crippen LogP contribution < -0.4 is 5.73 Å². The minimum atomic E-state index is -2.86. The topological polar surface area (TPSA) is 102 Å². The maximum atomic E-state index is 11.1. The number of hydrogen-bond donors (Lipinski definition) is 2. The third-order valence-electron chi connectivity index (χ3n) is 1.75. The highest BCUT2D eigenvalue weighted by Crippen LogP contribution is 2.14. The Morgan fingerprint density at radius 1 is 1.53 bits per heavy atom. The Kier molecular flexibility index (Phi) is 4.40. The van der Waals surface area contributed by atoms with Gasteiger partial charge in [0.15, 0.2) is 0 Å².